The van der Waals surface area contributed by atoms with Gasteiger partial charge in [0.05, 0.1) is 13.0 Å². The minimum atomic E-state index is -0.354. The first-order valence-corrected chi connectivity index (χ1v) is 8.33. The SMILES string of the molecule is COC(=O)C(C)CN(Cc1ccc2c(c1)OCO2)C(=O)C1CCC1. The van der Waals surface area contributed by atoms with E-state index in [1.807, 2.05) is 18.2 Å². The first kappa shape index (κ1) is 16.6. The summed E-state index contributed by atoms with van der Waals surface area (Å²) in [5, 5.41) is 0. The van der Waals surface area contributed by atoms with Crippen LogP contribution < -0.4 is 9.47 Å². The Morgan fingerprint density at radius 2 is 2.04 bits per heavy atom. The Kier molecular flexibility index (Phi) is 4.92. The number of rotatable bonds is 6. The van der Waals surface area contributed by atoms with Gasteiger partial charge in [-0.05, 0) is 30.5 Å². The predicted molar refractivity (Wildman–Crippen MR) is 86.5 cm³/mol. The molecule has 0 spiro atoms. The van der Waals surface area contributed by atoms with E-state index in [1.54, 1.807) is 11.8 Å². The highest BCUT2D eigenvalue weighted by Crippen LogP contribution is 2.34. The van der Waals surface area contributed by atoms with E-state index in [2.05, 4.69) is 0 Å². The van der Waals surface area contributed by atoms with Crippen molar-refractivity contribution in [3.8, 4) is 11.5 Å². The highest BCUT2D eigenvalue weighted by Gasteiger charge is 2.31. The number of benzene rings is 1. The number of carbonyl (C=O) groups excluding carboxylic acids is 2. The van der Waals surface area contributed by atoms with Gasteiger partial charge in [-0.1, -0.05) is 19.4 Å². The van der Waals surface area contributed by atoms with Crippen LogP contribution in [-0.4, -0.2) is 37.2 Å². The maximum absolute atomic E-state index is 12.7. The molecule has 0 aromatic heterocycles. The Balaban J connectivity index is 1.73. The smallest absolute Gasteiger partial charge is 0.310 e. The van der Waals surface area contributed by atoms with Crippen molar-refractivity contribution in [2.45, 2.75) is 32.7 Å². The van der Waals surface area contributed by atoms with E-state index in [4.69, 9.17) is 14.2 Å². The number of fused-ring (bicyclic) bond motifs is 1. The summed E-state index contributed by atoms with van der Waals surface area (Å²) in [6, 6.07) is 5.68. The lowest BCUT2D eigenvalue weighted by Crippen LogP contribution is -2.42. The molecule has 6 nitrogen and oxygen atoms in total. The average Bonchev–Trinajstić information content (AvgIpc) is 2.99. The summed E-state index contributed by atoms with van der Waals surface area (Å²) in [6.07, 6.45) is 2.97. The molecule has 6 heteroatoms. The maximum atomic E-state index is 12.7. The lowest BCUT2D eigenvalue weighted by molar-refractivity contribution is -0.147. The summed E-state index contributed by atoms with van der Waals surface area (Å²) >= 11 is 0. The third kappa shape index (κ3) is 3.47. The highest BCUT2D eigenvalue weighted by molar-refractivity contribution is 5.80. The van der Waals surface area contributed by atoms with Gasteiger partial charge in [0.1, 0.15) is 0 Å². The van der Waals surface area contributed by atoms with Crippen LogP contribution in [0.4, 0.5) is 0 Å². The average molecular weight is 333 g/mol. The number of methoxy groups -OCH3 is 1. The van der Waals surface area contributed by atoms with Crippen LogP contribution >= 0.6 is 0 Å². The van der Waals surface area contributed by atoms with Crippen LogP contribution in [0.1, 0.15) is 31.7 Å². The second-order valence-electron chi connectivity index (χ2n) is 6.46. The van der Waals surface area contributed by atoms with E-state index in [-0.39, 0.29) is 30.5 Å². The van der Waals surface area contributed by atoms with Gasteiger partial charge in [-0.3, -0.25) is 9.59 Å². The van der Waals surface area contributed by atoms with Crippen molar-refractivity contribution in [2.75, 3.05) is 20.4 Å². The third-order valence-corrected chi connectivity index (χ3v) is 4.67. The zero-order valence-corrected chi connectivity index (χ0v) is 14.1. The molecule has 1 aromatic carbocycles. The van der Waals surface area contributed by atoms with Gasteiger partial charge in [0, 0.05) is 19.0 Å². The van der Waals surface area contributed by atoms with E-state index in [1.165, 1.54) is 7.11 Å². The van der Waals surface area contributed by atoms with E-state index in [9.17, 15) is 9.59 Å². The topological polar surface area (TPSA) is 65.1 Å². The molecule has 1 amide bonds. The number of amides is 1. The van der Waals surface area contributed by atoms with Crippen molar-refractivity contribution in [3.05, 3.63) is 23.8 Å². The number of esters is 1. The molecule has 1 saturated carbocycles. The molecule has 1 aromatic rings. The van der Waals surface area contributed by atoms with Crippen LogP contribution in [-0.2, 0) is 20.9 Å². The molecule has 0 saturated heterocycles. The predicted octanol–water partition coefficient (Wildman–Crippen LogP) is 2.35. The normalized spacial score (nSPS) is 17.1. The molecule has 1 heterocycles. The Hall–Kier alpha value is -2.24. The van der Waals surface area contributed by atoms with Crippen LogP contribution in [0.2, 0.25) is 0 Å². The lowest BCUT2D eigenvalue weighted by Gasteiger charge is -2.33. The number of hydrogen-bond donors (Lipinski definition) is 0. The van der Waals surface area contributed by atoms with Crippen LogP contribution in [0.3, 0.4) is 0 Å². The van der Waals surface area contributed by atoms with Gasteiger partial charge in [0.15, 0.2) is 11.5 Å². The molecule has 0 radical (unpaired) electrons. The maximum Gasteiger partial charge on any atom is 0.310 e. The number of carbonyl (C=O) groups is 2. The molecule has 130 valence electrons. The molecule has 3 rings (SSSR count). The minimum absolute atomic E-state index is 0.0869. The van der Waals surface area contributed by atoms with E-state index >= 15 is 0 Å². The van der Waals surface area contributed by atoms with Crippen molar-refractivity contribution >= 4 is 11.9 Å². The molecule has 1 unspecified atom stereocenters. The Labute approximate surface area is 141 Å². The molecular formula is C18H23NO5. The molecule has 24 heavy (non-hydrogen) atoms. The molecule has 1 atom stereocenters. The molecule has 1 fully saturated rings. The Bertz CT molecular complexity index is 626. The summed E-state index contributed by atoms with van der Waals surface area (Å²) in [7, 11) is 1.37. The van der Waals surface area contributed by atoms with Gasteiger partial charge in [0.2, 0.25) is 12.7 Å². The fraction of sp³-hybridized carbons (Fsp3) is 0.556. The summed E-state index contributed by atoms with van der Waals surface area (Å²) < 4.78 is 15.5. The quantitative estimate of drug-likeness (QED) is 0.748. The van der Waals surface area contributed by atoms with Crippen molar-refractivity contribution in [2.24, 2.45) is 11.8 Å². The molecule has 2 aliphatic rings. The van der Waals surface area contributed by atoms with Gasteiger partial charge >= 0.3 is 5.97 Å². The standard InChI is InChI=1S/C18H23NO5/c1-12(18(21)22-2)9-19(17(20)14-4-3-5-14)10-13-6-7-15-16(8-13)24-11-23-15/h6-8,12,14H,3-5,9-11H2,1-2H3. The molecule has 0 bridgehead atoms. The van der Waals surface area contributed by atoms with E-state index in [0.717, 1.165) is 30.6 Å². The fourth-order valence-electron chi connectivity index (χ4n) is 3.01. The number of hydrogen-bond acceptors (Lipinski definition) is 5. The van der Waals surface area contributed by atoms with Crippen LogP contribution in [0.15, 0.2) is 18.2 Å². The van der Waals surface area contributed by atoms with Crippen LogP contribution in [0, 0.1) is 11.8 Å². The highest BCUT2D eigenvalue weighted by atomic mass is 16.7. The monoisotopic (exact) mass is 333 g/mol. The summed E-state index contributed by atoms with van der Waals surface area (Å²) in [4.78, 5) is 26.2. The minimum Gasteiger partial charge on any atom is -0.469 e. The molecule has 1 aliphatic heterocycles. The van der Waals surface area contributed by atoms with Gasteiger partial charge in [-0.2, -0.15) is 0 Å². The zero-order valence-electron chi connectivity index (χ0n) is 14.1. The van der Waals surface area contributed by atoms with Gasteiger partial charge < -0.3 is 19.1 Å². The second-order valence-corrected chi connectivity index (χ2v) is 6.46. The van der Waals surface area contributed by atoms with E-state index < -0.39 is 0 Å². The van der Waals surface area contributed by atoms with Gasteiger partial charge in [-0.25, -0.2) is 0 Å². The van der Waals surface area contributed by atoms with Crippen molar-refractivity contribution in [1.29, 1.82) is 0 Å². The largest absolute Gasteiger partial charge is 0.469 e. The van der Waals surface area contributed by atoms with Crippen LogP contribution in [0.5, 0.6) is 11.5 Å². The zero-order chi connectivity index (χ0) is 17.1. The third-order valence-electron chi connectivity index (χ3n) is 4.67. The Morgan fingerprint density at radius 1 is 1.29 bits per heavy atom. The first-order chi connectivity index (χ1) is 11.6. The second kappa shape index (κ2) is 7.11. The van der Waals surface area contributed by atoms with Gasteiger partial charge in [-0.15, -0.1) is 0 Å². The van der Waals surface area contributed by atoms with Crippen molar-refractivity contribution < 1.29 is 23.8 Å². The fourth-order valence-corrected chi connectivity index (χ4v) is 3.01. The van der Waals surface area contributed by atoms with Crippen molar-refractivity contribution in [1.82, 2.24) is 4.90 Å². The molecule has 0 N–H and O–H groups in total. The Morgan fingerprint density at radius 3 is 2.71 bits per heavy atom. The lowest BCUT2D eigenvalue weighted by atomic mass is 9.84. The number of ether oxygens (including phenoxy) is 3. The molecular weight excluding hydrogens is 310 g/mol. The first-order valence-electron chi connectivity index (χ1n) is 8.33. The summed E-state index contributed by atoms with van der Waals surface area (Å²) in [5.74, 6) is 0.974. The van der Waals surface area contributed by atoms with Crippen LogP contribution in [0.25, 0.3) is 0 Å². The van der Waals surface area contributed by atoms with Crippen molar-refractivity contribution in [3.63, 3.8) is 0 Å². The van der Waals surface area contributed by atoms with E-state index in [0.29, 0.717) is 18.8 Å². The molecule has 1 aliphatic carbocycles. The number of nitrogens with zero attached hydrogens (tertiary/aromatic N) is 1. The summed E-state index contributed by atoms with van der Waals surface area (Å²) in [5.41, 5.74) is 0.962. The van der Waals surface area contributed by atoms with Gasteiger partial charge in [0.25, 0.3) is 0 Å². The summed E-state index contributed by atoms with van der Waals surface area (Å²) in [6.45, 7) is 2.82.